The highest BCUT2D eigenvalue weighted by molar-refractivity contribution is 5.88. The van der Waals surface area contributed by atoms with Gasteiger partial charge in [0.15, 0.2) is 0 Å². The summed E-state index contributed by atoms with van der Waals surface area (Å²) >= 11 is 0. The third kappa shape index (κ3) is 4.08. The fraction of sp³-hybridized carbons (Fsp3) is 0.615. The Kier molecular flexibility index (Phi) is 5.54. The first kappa shape index (κ1) is 15.2. The number of nitrogens with zero attached hydrogens (tertiary/aromatic N) is 2. The van der Waals surface area contributed by atoms with Gasteiger partial charge in [-0.3, -0.25) is 9.48 Å². The zero-order chi connectivity index (χ0) is 14.4. The number of carboxylic acid groups (broad SMARTS) is 1. The van der Waals surface area contributed by atoms with E-state index >= 15 is 0 Å². The first-order valence-corrected chi connectivity index (χ1v) is 6.54. The van der Waals surface area contributed by atoms with Gasteiger partial charge >= 0.3 is 5.97 Å². The van der Waals surface area contributed by atoms with Crippen LogP contribution in [0.4, 0.5) is 0 Å². The minimum atomic E-state index is -1.03. The summed E-state index contributed by atoms with van der Waals surface area (Å²) in [6, 6.07) is -0.506. The fourth-order valence-electron chi connectivity index (χ4n) is 1.74. The van der Waals surface area contributed by atoms with Crippen molar-refractivity contribution < 1.29 is 14.7 Å². The summed E-state index contributed by atoms with van der Waals surface area (Å²) in [6.07, 6.45) is 4.53. The highest BCUT2D eigenvalue weighted by atomic mass is 16.4. The van der Waals surface area contributed by atoms with Crippen molar-refractivity contribution in [2.45, 2.75) is 46.1 Å². The predicted octanol–water partition coefficient (Wildman–Crippen LogP) is 1.76. The Morgan fingerprint density at radius 2 is 2.16 bits per heavy atom. The molecule has 0 aromatic carbocycles. The van der Waals surface area contributed by atoms with Gasteiger partial charge in [-0.2, -0.15) is 5.10 Å². The second-order valence-electron chi connectivity index (χ2n) is 4.59. The Balaban J connectivity index is 2.61. The van der Waals surface area contributed by atoms with Gasteiger partial charge in [0.05, 0.1) is 5.69 Å². The number of unbranched alkanes of at least 4 members (excludes halogenated alkanes) is 2. The van der Waals surface area contributed by atoms with E-state index in [-0.39, 0.29) is 11.5 Å². The quantitative estimate of drug-likeness (QED) is 0.737. The molecule has 0 aliphatic rings. The number of aryl methyl sites for hydroxylation is 1. The van der Waals surface area contributed by atoms with Crippen LogP contribution in [0.2, 0.25) is 0 Å². The van der Waals surface area contributed by atoms with E-state index in [1.807, 2.05) is 0 Å². The lowest BCUT2D eigenvalue weighted by atomic mass is 10.2. The van der Waals surface area contributed by atoms with Crippen molar-refractivity contribution in [3.05, 3.63) is 17.5 Å². The fourth-order valence-corrected chi connectivity index (χ4v) is 1.74. The lowest BCUT2D eigenvalue weighted by Gasteiger charge is -2.12. The topological polar surface area (TPSA) is 84.2 Å². The summed E-state index contributed by atoms with van der Waals surface area (Å²) < 4.78 is 1.40. The number of aromatic carboxylic acids is 1. The molecule has 0 fully saturated rings. The van der Waals surface area contributed by atoms with E-state index in [4.69, 9.17) is 5.11 Å². The van der Waals surface area contributed by atoms with Gasteiger partial charge in [-0.25, -0.2) is 4.79 Å². The van der Waals surface area contributed by atoms with Crippen LogP contribution in [0.15, 0.2) is 6.20 Å². The van der Waals surface area contributed by atoms with Crippen LogP contribution in [0.25, 0.3) is 0 Å². The van der Waals surface area contributed by atoms with Crippen molar-refractivity contribution in [1.82, 2.24) is 15.1 Å². The molecule has 0 aliphatic heterocycles. The highest BCUT2D eigenvalue weighted by Gasteiger charge is 2.19. The lowest BCUT2D eigenvalue weighted by molar-refractivity contribution is -0.124. The highest BCUT2D eigenvalue weighted by Crippen LogP contribution is 2.11. The number of hydrogen-bond donors (Lipinski definition) is 2. The largest absolute Gasteiger partial charge is 0.478 e. The average molecular weight is 267 g/mol. The average Bonchev–Trinajstić information content (AvgIpc) is 2.75. The number of carbonyl (C=O) groups excluding carboxylic acids is 1. The number of nitrogens with one attached hydrogen (secondary N) is 1. The van der Waals surface area contributed by atoms with Crippen LogP contribution >= 0.6 is 0 Å². The zero-order valence-corrected chi connectivity index (χ0v) is 11.6. The standard InChI is InChI=1S/C13H21N3O3/c1-4-5-6-7-14-12(17)10(3)16-8-11(13(18)19)9(2)15-16/h8,10H,4-7H2,1-3H3,(H,14,17)(H,18,19). The molecule has 0 bridgehead atoms. The molecule has 0 aliphatic carbocycles. The van der Waals surface area contributed by atoms with Gasteiger partial charge in [0.2, 0.25) is 5.91 Å². The summed E-state index contributed by atoms with van der Waals surface area (Å²) in [7, 11) is 0. The SMILES string of the molecule is CCCCCNC(=O)C(C)n1cc(C(=O)O)c(C)n1. The normalized spacial score (nSPS) is 12.2. The molecule has 6 nitrogen and oxygen atoms in total. The van der Waals surface area contributed by atoms with E-state index in [1.54, 1.807) is 13.8 Å². The van der Waals surface area contributed by atoms with E-state index in [0.717, 1.165) is 19.3 Å². The van der Waals surface area contributed by atoms with Crippen LogP contribution in [-0.2, 0) is 4.79 Å². The van der Waals surface area contributed by atoms with Crippen molar-refractivity contribution >= 4 is 11.9 Å². The van der Waals surface area contributed by atoms with Crippen molar-refractivity contribution in [2.24, 2.45) is 0 Å². The molecule has 0 saturated carbocycles. The minimum Gasteiger partial charge on any atom is -0.478 e. The third-order valence-corrected chi connectivity index (χ3v) is 3.00. The zero-order valence-electron chi connectivity index (χ0n) is 11.6. The van der Waals surface area contributed by atoms with Crippen LogP contribution in [0, 0.1) is 6.92 Å². The van der Waals surface area contributed by atoms with E-state index in [0.29, 0.717) is 12.2 Å². The maximum atomic E-state index is 11.9. The van der Waals surface area contributed by atoms with Crippen molar-refractivity contribution in [3.8, 4) is 0 Å². The first-order valence-electron chi connectivity index (χ1n) is 6.54. The summed E-state index contributed by atoms with van der Waals surface area (Å²) in [5.41, 5.74) is 0.545. The van der Waals surface area contributed by atoms with Gasteiger partial charge in [-0.1, -0.05) is 19.8 Å². The molecular formula is C13H21N3O3. The van der Waals surface area contributed by atoms with Crippen LogP contribution in [0.1, 0.15) is 55.2 Å². The van der Waals surface area contributed by atoms with E-state index in [1.165, 1.54) is 10.9 Å². The lowest BCUT2D eigenvalue weighted by Crippen LogP contribution is -2.32. The number of amides is 1. The molecule has 106 valence electrons. The van der Waals surface area contributed by atoms with Crippen LogP contribution in [0.5, 0.6) is 0 Å². The van der Waals surface area contributed by atoms with E-state index < -0.39 is 12.0 Å². The maximum Gasteiger partial charge on any atom is 0.339 e. The van der Waals surface area contributed by atoms with Crippen LogP contribution in [0.3, 0.4) is 0 Å². The number of rotatable bonds is 7. The van der Waals surface area contributed by atoms with Crippen molar-refractivity contribution in [2.75, 3.05) is 6.54 Å². The molecule has 1 unspecified atom stereocenters. The van der Waals surface area contributed by atoms with Crippen LogP contribution in [-0.4, -0.2) is 33.3 Å². The summed E-state index contributed by atoms with van der Waals surface area (Å²) in [5, 5.41) is 15.8. The Morgan fingerprint density at radius 1 is 1.47 bits per heavy atom. The van der Waals surface area contributed by atoms with Gasteiger partial charge in [0.1, 0.15) is 11.6 Å². The number of carbonyl (C=O) groups is 2. The molecular weight excluding hydrogens is 246 g/mol. The van der Waals surface area contributed by atoms with Gasteiger partial charge < -0.3 is 10.4 Å². The Bertz CT molecular complexity index is 454. The van der Waals surface area contributed by atoms with Gasteiger partial charge in [0, 0.05) is 12.7 Å². The maximum absolute atomic E-state index is 11.9. The third-order valence-electron chi connectivity index (χ3n) is 3.00. The van der Waals surface area contributed by atoms with E-state index in [9.17, 15) is 9.59 Å². The molecule has 2 N–H and O–H groups in total. The molecule has 19 heavy (non-hydrogen) atoms. The predicted molar refractivity (Wildman–Crippen MR) is 71.2 cm³/mol. The molecule has 1 aromatic heterocycles. The molecule has 6 heteroatoms. The number of carboxylic acids is 1. The van der Waals surface area contributed by atoms with E-state index in [2.05, 4.69) is 17.3 Å². The smallest absolute Gasteiger partial charge is 0.339 e. The monoisotopic (exact) mass is 267 g/mol. The summed E-state index contributed by atoms with van der Waals surface area (Å²) in [6.45, 7) is 6.06. The second-order valence-corrected chi connectivity index (χ2v) is 4.59. The Labute approximate surface area is 112 Å². The van der Waals surface area contributed by atoms with Gasteiger partial charge in [-0.15, -0.1) is 0 Å². The molecule has 1 amide bonds. The number of hydrogen-bond acceptors (Lipinski definition) is 3. The Morgan fingerprint density at radius 3 is 2.68 bits per heavy atom. The molecule has 1 aromatic rings. The summed E-state index contributed by atoms with van der Waals surface area (Å²) in [5.74, 6) is -1.17. The molecule has 0 saturated heterocycles. The first-order chi connectivity index (χ1) is 8.97. The van der Waals surface area contributed by atoms with Crippen molar-refractivity contribution in [3.63, 3.8) is 0 Å². The molecule has 0 spiro atoms. The van der Waals surface area contributed by atoms with Gasteiger partial charge in [-0.05, 0) is 20.3 Å². The number of aromatic nitrogens is 2. The summed E-state index contributed by atoms with van der Waals surface area (Å²) in [4.78, 5) is 22.8. The Hall–Kier alpha value is -1.85. The molecule has 1 rings (SSSR count). The van der Waals surface area contributed by atoms with Crippen molar-refractivity contribution in [1.29, 1.82) is 0 Å². The molecule has 0 radical (unpaired) electrons. The van der Waals surface area contributed by atoms with Gasteiger partial charge in [0.25, 0.3) is 0 Å². The molecule has 1 atom stereocenters. The van der Waals surface area contributed by atoms with Crippen LogP contribution < -0.4 is 5.32 Å². The second kappa shape index (κ2) is 6.92. The molecule has 1 heterocycles. The minimum absolute atomic E-state index is 0.130.